The summed E-state index contributed by atoms with van der Waals surface area (Å²) in [5.41, 5.74) is 3.35. The predicted octanol–water partition coefficient (Wildman–Crippen LogP) is 2.27. The monoisotopic (exact) mass is 216 g/mol. The van der Waals surface area contributed by atoms with Crippen molar-refractivity contribution in [2.24, 2.45) is 5.92 Å². The largest absolute Gasteiger partial charge is 0.362 e. The normalized spacial score (nSPS) is 23.0. The van der Waals surface area contributed by atoms with Gasteiger partial charge in [0.25, 0.3) is 0 Å². The van der Waals surface area contributed by atoms with Gasteiger partial charge in [0.1, 0.15) is 0 Å². The number of hydrogen-bond acceptors (Lipinski definition) is 2. The molecule has 2 N–H and O–H groups in total. The number of aliphatic hydroxyl groups is 2. The van der Waals surface area contributed by atoms with Gasteiger partial charge < -0.3 is 10.2 Å². The van der Waals surface area contributed by atoms with Crippen molar-refractivity contribution in [1.29, 1.82) is 0 Å². The molecule has 0 unspecified atom stereocenters. The summed E-state index contributed by atoms with van der Waals surface area (Å²) < 4.78 is 0. The molecule has 0 aliphatic heterocycles. The molecule has 2 rings (SSSR count). The molecular formula is C14H16O2. The Bertz CT molecular complexity index is 456. The molecule has 0 heterocycles. The van der Waals surface area contributed by atoms with Crippen LogP contribution >= 0.6 is 0 Å². The molecule has 1 atom stereocenters. The van der Waals surface area contributed by atoms with Crippen LogP contribution in [0.15, 0.2) is 42.5 Å². The van der Waals surface area contributed by atoms with Gasteiger partial charge in [-0.2, -0.15) is 0 Å². The van der Waals surface area contributed by atoms with E-state index in [1.807, 2.05) is 31.2 Å². The van der Waals surface area contributed by atoms with Crippen LogP contribution in [0.3, 0.4) is 0 Å². The molecular weight excluding hydrogens is 200 g/mol. The first kappa shape index (κ1) is 11.1. The van der Waals surface area contributed by atoms with Crippen molar-refractivity contribution in [3.05, 3.63) is 53.6 Å². The Hall–Kier alpha value is -1.38. The maximum absolute atomic E-state index is 9.59. The highest BCUT2D eigenvalue weighted by atomic mass is 16.5. The summed E-state index contributed by atoms with van der Waals surface area (Å²) in [4.78, 5) is 0. The summed E-state index contributed by atoms with van der Waals surface area (Å²) >= 11 is 0. The Kier molecular flexibility index (Phi) is 2.70. The zero-order valence-electron chi connectivity index (χ0n) is 9.51. The maximum atomic E-state index is 9.59. The van der Waals surface area contributed by atoms with E-state index >= 15 is 0 Å². The van der Waals surface area contributed by atoms with Crippen LogP contribution in [0.25, 0.3) is 5.57 Å². The van der Waals surface area contributed by atoms with Crippen LogP contribution in [-0.2, 0) is 0 Å². The van der Waals surface area contributed by atoms with E-state index in [-0.39, 0.29) is 5.92 Å². The van der Waals surface area contributed by atoms with Crippen molar-refractivity contribution >= 4 is 5.57 Å². The van der Waals surface area contributed by atoms with Gasteiger partial charge in [-0.3, -0.25) is 0 Å². The van der Waals surface area contributed by atoms with Crippen LogP contribution in [0.1, 0.15) is 18.1 Å². The van der Waals surface area contributed by atoms with E-state index in [1.165, 1.54) is 11.6 Å². The average molecular weight is 216 g/mol. The lowest BCUT2D eigenvalue weighted by molar-refractivity contribution is -0.143. The van der Waals surface area contributed by atoms with Gasteiger partial charge in [0.05, 0.1) is 0 Å². The standard InChI is InChI=1S/C14H16O2/c1-10-4-3-5-12(8-10)13-6-7-14(15,16)11(2)9-13/h3-9,11,15-16H,1-2H3/t11-/m1/s1. The first-order chi connectivity index (χ1) is 7.49. The van der Waals surface area contributed by atoms with E-state index in [1.54, 1.807) is 13.0 Å². The number of aryl methyl sites for hydroxylation is 1. The minimum Gasteiger partial charge on any atom is -0.362 e. The van der Waals surface area contributed by atoms with E-state index in [2.05, 4.69) is 6.07 Å². The molecule has 1 aliphatic rings. The van der Waals surface area contributed by atoms with E-state index in [4.69, 9.17) is 0 Å². The fourth-order valence-corrected chi connectivity index (χ4v) is 1.83. The maximum Gasteiger partial charge on any atom is 0.189 e. The van der Waals surface area contributed by atoms with Gasteiger partial charge >= 0.3 is 0 Å². The molecule has 0 saturated carbocycles. The number of rotatable bonds is 1. The minimum absolute atomic E-state index is 0.298. The molecule has 0 bridgehead atoms. The molecule has 84 valence electrons. The molecule has 0 aromatic heterocycles. The molecule has 1 aromatic carbocycles. The highest BCUT2D eigenvalue weighted by Gasteiger charge is 2.29. The topological polar surface area (TPSA) is 40.5 Å². The van der Waals surface area contributed by atoms with E-state index in [0.29, 0.717) is 0 Å². The summed E-state index contributed by atoms with van der Waals surface area (Å²) in [6.07, 6.45) is 5.08. The Morgan fingerprint density at radius 1 is 1.25 bits per heavy atom. The first-order valence-electron chi connectivity index (χ1n) is 5.42. The second kappa shape index (κ2) is 3.89. The van der Waals surface area contributed by atoms with Crippen LogP contribution in [0, 0.1) is 12.8 Å². The van der Waals surface area contributed by atoms with Crippen LogP contribution in [0.4, 0.5) is 0 Å². The van der Waals surface area contributed by atoms with Crippen LogP contribution in [0.2, 0.25) is 0 Å². The SMILES string of the molecule is Cc1cccc(C2=C[C@@H](C)C(O)(O)C=C2)c1. The van der Waals surface area contributed by atoms with Gasteiger partial charge in [0.15, 0.2) is 5.79 Å². The minimum atomic E-state index is -1.71. The third kappa shape index (κ3) is 2.08. The lowest BCUT2D eigenvalue weighted by atomic mass is 9.89. The molecule has 0 radical (unpaired) electrons. The molecule has 1 aromatic rings. The van der Waals surface area contributed by atoms with E-state index < -0.39 is 5.79 Å². The molecule has 0 fully saturated rings. The molecule has 2 heteroatoms. The van der Waals surface area contributed by atoms with E-state index in [0.717, 1.165) is 11.1 Å². The predicted molar refractivity (Wildman–Crippen MR) is 64.6 cm³/mol. The Labute approximate surface area is 95.6 Å². The van der Waals surface area contributed by atoms with Crippen molar-refractivity contribution < 1.29 is 10.2 Å². The average Bonchev–Trinajstić information content (AvgIpc) is 2.22. The number of hydrogen-bond donors (Lipinski definition) is 2. The molecule has 0 saturated heterocycles. The molecule has 1 aliphatic carbocycles. The zero-order chi connectivity index (χ0) is 11.8. The second-order valence-corrected chi connectivity index (χ2v) is 4.40. The highest BCUT2D eigenvalue weighted by Crippen LogP contribution is 2.29. The molecule has 2 nitrogen and oxygen atoms in total. The molecule has 16 heavy (non-hydrogen) atoms. The fourth-order valence-electron chi connectivity index (χ4n) is 1.83. The van der Waals surface area contributed by atoms with Gasteiger partial charge in [0, 0.05) is 5.92 Å². The molecule has 0 spiro atoms. The van der Waals surface area contributed by atoms with Crippen LogP contribution in [-0.4, -0.2) is 16.0 Å². The summed E-state index contributed by atoms with van der Waals surface area (Å²) in [6.45, 7) is 3.84. The Morgan fingerprint density at radius 3 is 2.62 bits per heavy atom. The van der Waals surface area contributed by atoms with Crippen molar-refractivity contribution in [3.63, 3.8) is 0 Å². The third-order valence-corrected chi connectivity index (χ3v) is 2.96. The third-order valence-electron chi connectivity index (χ3n) is 2.96. The first-order valence-corrected chi connectivity index (χ1v) is 5.42. The van der Waals surface area contributed by atoms with Crippen molar-refractivity contribution in [3.8, 4) is 0 Å². The smallest absolute Gasteiger partial charge is 0.189 e. The highest BCUT2D eigenvalue weighted by molar-refractivity contribution is 5.75. The Morgan fingerprint density at radius 2 is 2.00 bits per heavy atom. The van der Waals surface area contributed by atoms with Crippen LogP contribution < -0.4 is 0 Å². The second-order valence-electron chi connectivity index (χ2n) is 4.40. The summed E-state index contributed by atoms with van der Waals surface area (Å²) in [5.74, 6) is -2.01. The van der Waals surface area contributed by atoms with Crippen molar-refractivity contribution in [1.82, 2.24) is 0 Å². The van der Waals surface area contributed by atoms with Crippen LogP contribution in [0.5, 0.6) is 0 Å². The van der Waals surface area contributed by atoms with Gasteiger partial charge in [0.2, 0.25) is 0 Å². The van der Waals surface area contributed by atoms with E-state index in [9.17, 15) is 10.2 Å². The zero-order valence-corrected chi connectivity index (χ0v) is 9.51. The quantitative estimate of drug-likeness (QED) is 0.707. The van der Waals surface area contributed by atoms with Crippen molar-refractivity contribution in [2.75, 3.05) is 0 Å². The number of benzene rings is 1. The Balaban J connectivity index is 2.35. The number of allylic oxidation sites excluding steroid dienone is 2. The van der Waals surface area contributed by atoms with Gasteiger partial charge in [-0.25, -0.2) is 0 Å². The molecule has 0 amide bonds. The summed E-state index contributed by atoms with van der Waals surface area (Å²) in [7, 11) is 0. The fraction of sp³-hybridized carbons (Fsp3) is 0.286. The lowest BCUT2D eigenvalue weighted by Crippen LogP contribution is -2.34. The lowest BCUT2D eigenvalue weighted by Gasteiger charge is -2.27. The van der Waals surface area contributed by atoms with Gasteiger partial charge in [-0.15, -0.1) is 0 Å². The van der Waals surface area contributed by atoms with Gasteiger partial charge in [-0.1, -0.05) is 48.9 Å². The summed E-state index contributed by atoms with van der Waals surface area (Å²) in [6, 6.07) is 8.16. The summed E-state index contributed by atoms with van der Waals surface area (Å²) in [5, 5.41) is 19.2. The van der Waals surface area contributed by atoms with Crippen molar-refractivity contribution in [2.45, 2.75) is 19.6 Å². The van der Waals surface area contributed by atoms with Gasteiger partial charge in [-0.05, 0) is 24.1 Å².